The molecular formula is C13H20N4O2. The summed E-state index contributed by atoms with van der Waals surface area (Å²) in [5, 5.41) is 9.02. The molecule has 6 nitrogen and oxygen atoms in total. The van der Waals surface area contributed by atoms with Gasteiger partial charge in [-0.1, -0.05) is 0 Å². The first-order valence-electron chi connectivity index (χ1n) is 6.44. The molecule has 1 N–H and O–H groups in total. The van der Waals surface area contributed by atoms with Crippen molar-refractivity contribution in [3.63, 3.8) is 0 Å². The second-order valence-electron chi connectivity index (χ2n) is 5.30. The van der Waals surface area contributed by atoms with Crippen LogP contribution in [0.5, 0.6) is 0 Å². The highest BCUT2D eigenvalue weighted by molar-refractivity contribution is 5.85. The molecule has 0 radical (unpaired) electrons. The topological polar surface area (TPSA) is 69.6 Å². The smallest absolute Gasteiger partial charge is 0.354 e. The van der Waals surface area contributed by atoms with Crippen LogP contribution in [-0.4, -0.2) is 59.7 Å². The predicted molar refractivity (Wildman–Crippen MR) is 72.6 cm³/mol. The third-order valence-corrected chi connectivity index (χ3v) is 3.42. The van der Waals surface area contributed by atoms with Crippen LogP contribution >= 0.6 is 0 Å². The third kappa shape index (κ3) is 3.41. The standard InChI is InChI=1S/C13H20N4O2/c1-9-6-11(12(18)19)15-13(14-9)17(3)8-10-4-5-16(2)7-10/h6,10H,4-5,7-8H2,1-3H3,(H,18,19). The summed E-state index contributed by atoms with van der Waals surface area (Å²) in [6, 6.07) is 1.49. The number of carboxylic acid groups (broad SMARTS) is 1. The molecule has 1 unspecified atom stereocenters. The van der Waals surface area contributed by atoms with E-state index in [1.807, 2.05) is 11.9 Å². The first-order valence-corrected chi connectivity index (χ1v) is 6.44. The zero-order valence-corrected chi connectivity index (χ0v) is 11.6. The van der Waals surface area contributed by atoms with E-state index in [0.717, 1.165) is 19.6 Å². The maximum atomic E-state index is 11.0. The Balaban J connectivity index is 2.10. The molecule has 1 aromatic heterocycles. The normalized spacial score (nSPS) is 19.6. The van der Waals surface area contributed by atoms with Crippen LogP contribution in [-0.2, 0) is 0 Å². The third-order valence-electron chi connectivity index (χ3n) is 3.42. The highest BCUT2D eigenvalue weighted by Crippen LogP contribution is 2.17. The van der Waals surface area contributed by atoms with Crippen LogP contribution in [0.2, 0.25) is 0 Å². The molecular weight excluding hydrogens is 244 g/mol. The number of likely N-dealkylation sites (tertiary alicyclic amines) is 1. The van der Waals surface area contributed by atoms with Crippen molar-refractivity contribution in [1.29, 1.82) is 0 Å². The molecule has 2 heterocycles. The van der Waals surface area contributed by atoms with Gasteiger partial charge in [0.05, 0.1) is 0 Å². The van der Waals surface area contributed by atoms with E-state index in [1.165, 1.54) is 12.5 Å². The first-order chi connectivity index (χ1) is 8.95. The average Bonchev–Trinajstić information content (AvgIpc) is 2.73. The lowest BCUT2D eigenvalue weighted by atomic mass is 10.1. The molecule has 0 saturated carbocycles. The van der Waals surface area contributed by atoms with Crippen LogP contribution in [0.4, 0.5) is 5.95 Å². The maximum Gasteiger partial charge on any atom is 0.354 e. The number of carbonyl (C=O) groups is 1. The number of hydrogen-bond acceptors (Lipinski definition) is 5. The van der Waals surface area contributed by atoms with Crippen molar-refractivity contribution in [2.75, 3.05) is 38.6 Å². The lowest BCUT2D eigenvalue weighted by Crippen LogP contribution is -2.29. The van der Waals surface area contributed by atoms with Crippen LogP contribution in [0, 0.1) is 12.8 Å². The molecule has 2 rings (SSSR count). The van der Waals surface area contributed by atoms with Crippen LogP contribution in [0.25, 0.3) is 0 Å². The molecule has 0 spiro atoms. The van der Waals surface area contributed by atoms with E-state index >= 15 is 0 Å². The Kier molecular flexibility index (Phi) is 3.99. The SMILES string of the molecule is Cc1cc(C(=O)O)nc(N(C)CC2CCN(C)C2)n1. The highest BCUT2D eigenvalue weighted by Gasteiger charge is 2.22. The number of aromatic carboxylic acids is 1. The largest absolute Gasteiger partial charge is 0.477 e. The quantitative estimate of drug-likeness (QED) is 0.870. The van der Waals surface area contributed by atoms with Gasteiger partial charge in [0.1, 0.15) is 0 Å². The van der Waals surface area contributed by atoms with Gasteiger partial charge in [0.25, 0.3) is 0 Å². The van der Waals surface area contributed by atoms with Gasteiger partial charge in [0.15, 0.2) is 5.69 Å². The fraction of sp³-hybridized carbons (Fsp3) is 0.615. The molecule has 0 bridgehead atoms. The van der Waals surface area contributed by atoms with E-state index in [-0.39, 0.29) is 5.69 Å². The molecule has 0 amide bonds. The average molecular weight is 264 g/mol. The number of rotatable bonds is 4. The fourth-order valence-electron chi connectivity index (χ4n) is 2.48. The minimum Gasteiger partial charge on any atom is -0.477 e. The number of carboxylic acids is 1. The predicted octanol–water partition coefficient (Wildman–Crippen LogP) is 0.871. The van der Waals surface area contributed by atoms with Crippen LogP contribution in [0.15, 0.2) is 6.07 Å². The second kappa shape index (κ2) is 5.52. The summed E-state index contributed by atoms with van der Waals surface area (Å²) in [7, 11) is 4.03. The van der Waals surface area contributed by atoms with Gasteiger partial charge in [-0.2, -0.15) is 0 Å². The van der Waals surface area contributed by atoms with Gasteiger partial charge in [-0.15, -0.1) is 0 Å². The molecule has 6 heteroatoms. The van der Waals surface area contributed by atoms with E-state index in [1.54, 1.807) is 6.92 Å². The van der Waals surface area contributed by atoms with Crippen molar-refractivity contribution in [2.45, 2.75) is 13.3 Å². The Bertz CT molecular complexity index is 478. The van der Waals surface area contributed by atoms with Gasteiger partial charge >= 0.3 is 5.97 Å². The Morgan fingerprint density at radius 2 is 2.32 bits per heavy atom. The Morgan fingerprint density at radius 1 is 1.58 bits per heavy atom. The van der Waals surface area contributed by atoms with Crippen molar-refractivity contribution in [3.8, 4) is 0 Å². The number of aromatic nitrogens is 2. The lowest BCUT2D eigenvalue weighted by molar-refractivity contribution is 0.0690. The van der Waals surface area contributed by atoms with Gasteiger partial charge in [0.2, 0.25) is 5.95 Å². The molecule has 1 atom stereocenters. The van der Waals surface area contributed by atoms with Gasteiger partial charge in [-0.05, 0) is 38.9 Å². The number of anilines is 1. The molecule has 104 valence electrons. The van der Waals surface area contributed by atoms with Crippen molar-refractivity contribution < 1.29 is 9.90 Å². The van der Waals surface area contributed by atoms with Crippen LogP contribution in [0.1, 0.15) is 22.6 Å². The molecule has 19 heavy (non-hydrogen) atoms. The highest BCUT2D eigenvalue weighted by atomic mass is 16.4. The van der Waals surface area contributed by atoms with Gasteiger partial charge in [-0.3, -0.25) is 0 Å². The van der Waals surface area contributed by atoms with E-state index < -0.39 is 5.97 Å². The van der Waals surface area contributed by atoms with E-state index in [0.29, 0.717) is 17.6 Å². The molecule has 1 aliphatic heterocycles. The first kappa shape index (κ1) is 13.7. The molecule has 0 aromatic carbocycles. The molecule has 0 aliphatic carbocycles. The fourth-order valence-corrected chi connectivity index (χ4v) is 2.48. The minimum absolute atomic E-state index is 0.0536. The van der Waals surface area contributed by atoms with Crippen molar-refractivity contribution in [3.05, 3.63) is 17.5 Å². The van der Waals surface area contributed by atoms with Gasteiger partial charge in [-0.25, -0.2) is 14.8 Å². The molecule has 1 aromatic rings. The summed E-state index contributed by atoms with van der Waals surface area (Å²) in [5.74, 6) is 0.0695. The summed E-state index contributed by atoms with van der Waals surface area (Å²) >= 11 is 0. The summed E-state index contributed by atoms with van der Waals surface area (Å²) in [5.41, 5.74) is 0.732. The number of hydrogen-bond donors (Lipinski definition) is 1. The molecule has 1 aliphatic rings. The Labute approximate surface area is 113 Å². The maximum absolute atomic E-state index is 11.0. The van der Waals surface area contributed by atoms with Crippen LogP contribution in [0.3, 0.4) is 0 Å². The summed E-state index contributed by atoms with van der Waals surface area (Å²) in [4.78, 5) is 23.7. The Morgan fingerprint density at radius 3 is 2.89 bits per heavy atom. The van der Waals surface area contributed by atoms with E-state index in [4.69, 9.17) is 5.11 Å². The zero-order chi connectivity index (χ0) is 14.0. The van der Waals surface area contributed by atoms with Gasteiger partial charge < -0.3 is 14.9 Å². The summed E-state index contributed by atoms with van der Waals surface area (Å²) in [6.45, 7) is 4.83. The minimum atomic E-state index is -1.01. The van der Waals surface area contributed by atoms with E-state index in [9.17, 15) is 4.79 Å². The summed E-state index contributed by atoms with van der Waals surface area (Å²) in [6.07, 6.45) is 1.17. The molecule has 1 fully saturated rings. The monoisotopic (exact) mass is 264 g/mol. The second-order valence-corrected chi connectivity index (χ2v) is 5.30. The number of nitrogens with zero attached hydrogens (tertiary/aromatic N) is 4. The van der Waals surface area contributed by atoms with Gasteiger partial charge in [0, 0.05) is 25.8 Å². The van der Waals surface area contributed by atoms with E-state index in [2.05, 4.69) is 21.9 Å². The lowest BCUT2D eigenvalue weighted by Gasteiger charge is -2.21. The molecule has 1 saturated heterocycles. The Hall–Kier alpha value is -1.69. The zero-order valence-electron chi connectivity index (χ0n) is 11.6. The number of aryl methyl sites for hydroxylation is 1. The van der Waals surface area contributed by atoms with Crippen molar-refractivity contribution >= 4 is 11.9 Å². The van der Waals surface area contributed by atoms with Crippen molar-refractivity contribution in [1.82, 2.24) is 14.9 Å². The summed E-state index contributed by atoms with van der Waals surface area (Å²) < 4.78 is 0. The van der Waals surface area contributed by atoms with Crippen molar-refractivity contribution in [2.24, 2.45) is 5.92 Å². The van der Waals surface area contributed by atoms with Crippen LogP contribution < -0.4 is 4.90 Å².